The van der Waals surface area contributed by atoms with Gasteiger partial charge in [0.05, 0.1) is 15.6 Å². The number of benzene rings is 3. The van der Waals surface area contributed by atoms with Gasteiger partial charge in [0.2, 0.25) is 0 Å². The van der Waals surface area contributed by atoms with Crippen molar-refractivity contribution in [2.45, 2.75) is 17.2 Å². The van der Waals surface area contributed by atoms with Gasteiger partial charge in [0.25, 0.3) is 11.6 Å². The second kappa shape index (κ2) is 10.1. The topological polar surface area (TPSA) is 101 Å². The first-order valence-corrected chi connectivity index (χ1v) is 12.6. The molecule has 0 radical (unpaired) electrons. The van der Waals surface area contributed by atoms with Crippen molar-refractivity contribution in [3.63, 3.8) is 0 Å². The van der Waals surface area contributed by atoms with Crippen molar-refractivity contribution in [2.24, 2.45) is 0 Å². The lowest BCUT2D eigenvalue weighted by Crippen LogP contribution is -2.48. The molecule has 0 aliphatic carbocycles. The van der Waals surface area contributed by atoms with E-state index in [4.69, 9.17) is 0 Å². The van der Waals surface area contributed by atoms with Gasteiger partial charge in [-0.25, -0.2) is 8.42 Å². The Kier molecular flexibility index (Phi) is 7.04. The highest BCUT2D eigenvalue weighted by Crippen LogP contribution is 2.19. The summed E-state index contributed by atoms with van der Waals surface area (Å²) in [5, 5.41) is 11.0. The number of carbonyl (C=O) groups is 1. The third-order valence-corrected chi connectivity index (χ3v) is 7.55. The van der Waals surface area contributed by atoms with E-state index in [1.807, 2.05) is 6.07 Å². The van der Waals surface area contributed by atoms with Crippen LogP contribution in [0, 0.1) is 10.1 Å². The Morgan fingerprint density at radius 1 is 0.853 bits per heavy atom. The summed E-state index contributed by atoms with van der Waals surface area (Å²) < 4.78 is 25.1. The van der Waals surface area contributed by atoms with Crippen LogP contribution in [0.5, 0.6) is 0 Å². The summed E-state index contributed by atoms with van der Waals surface area (Å²) in [6.07, 6.45) is 0. The largest absolute Gasteiger partial charge is 0.336 e. The average Bonchev–Trinajstić information content (AvgIpc) is 2.85. The first kappa shape index (κ1) is 23.6. The second-order valence-corrected chi connectivity index (χ2v) is 10.3. The average molecular weight is 480 g/mol. The van der Waals surface area contributed by atoms with Crippen LogP contribution in [0.15, 0.2) is 83.8 Å². The molecule has 1 fully saturated rings. The van der Waals surface area contributed by atoms with Gasteiger partial charge in [0, 0.05) is 50.4 Å². The van der Waals surface area contributed by atoms with E-state index in [1.54, 1.807) is 71.6 Å². The SMILES string of the molecule is O=C(c1ccc(CS(=O)(=O)c2ccccc2)cc1)N1CCN(Cc2cccc([N+](=O)[O-])c2)CC1. The summed E-state index contributed by atoms with van der Waals surface area (Å²) in [6.45, 7) is 3.04. The molecule has 1 aliphatic rings. The molecule has 1 saturated heterocycles. The van der Waals surface area contributed by atoms with Crippen LogP contribution in [0.4, 0.5) is 5.69 Å². The monoisotopic (exact) mass is 479 g/mol. The Balaban J connectivity index is 1.33. The molecule has 0 N–H and O–H groups in total. The lowest BCUT2D eigenvalue weighted by atomic mass is 10.1. The van der Waals surface area contributed by atoms with Crippen molar-refractivity contribution in [1.29, 1.82) is 0 Å². The van der Waals surface area contributed by atoms with Gasteiger partial charge in [0.1, 0.15) is 0 Å². The maximum Gasteiger partial charge on any atom is 0.269 e. The number of amides is 1. The van der Waals surface area contributed by atoms with Crippen LogP contribution in [0.1, 0.15) is 21.5 Å². The van der Waals surface area contributed by atoms with Crippen LogP contribution in [-0.2, 0) is 22.1 Å². The third-order valence-electron chi connectivity index (χ3n) is 5.85. The zero-order chi connectivity index (χ0) is 24.1. The molecule has 176 valence electrons. The predicted octanol–water partition coefficient (Wildman–Crippen LogP) is 3.53. The summed E-state index contributed by atoms with van der Waals surface area (Å²) in [4.78, 5) is 27.7. The van der Waals surface area contributed by atoms with Crippen molar-refractivity contribution in [3.05, 3.63) is 106 Å². The van der Waals surface area contributed by atoms with E-state index >= 15 is 0 Å². The number of non-ortho nitro benzene ring substituents is 1. The Morgan fingerprint density at radius 2 is 1.53 bits per heavy atom. The van der Waals surface area contributed by atoms with Gasteiger partial charge in [-0.1, -0.05) is 42.5 Å². The van der Waals surface area contributed by atoms with Crippen molar-refractivity contribution >= 4 is 21.4 Å². The first-order chi connectivity index (χ1) is 16.3. The molecule has 0 bridgehead atoms. The molecule has 9 heteroatoms. The molecule has 8 nitrogen and oxygen atoms in total. The van der Waals surface area contributed by atoms with Gasteiger partial charge >= 0.3 is 0 Å². The standard InChI is InChI=1S/C25H25N3O5S/c29-25(22-11-9-20(10-12-22)19-34(32,33)24-7-2-1-3-8-24)27-15-13-26(14-16-27)18-21-5-4-6-23(17-21)28(30)31/h1-12,17H,13-16,18-19H2. The molecule has 0 saturated carbocycles. The van der Waals surface area contributed by atoms with Crippen LogP contribution in [0.3, 0.4) is 0 Å². The molecular formula is C25H25N3O5S. The highest BCUT2D eigenvalue weighted by molar-refractivity contribution is 7.90. The minimum atomic E-state index is -3.44. The molecule has 0 spiro atoms. The van der Waals surface area contributed by atoms with Crippen LogP contribution in [-0.4, -0.2) is 55.2 Å². The quantitative estimate of drug-likeness (QED) is 0.380. The summed E-state index contributed by atoms with van der Waals surface area (Å²) in [7, 11) is -3.44. The van der Waals surface area contributed by atoms with Gasteiger partial charge in [-0.2, -0.15) is 0 Å². The number of nitro groups is 1. The van der Waals surface area contributed by atoms with Crippen molar-refractivity contribution in [1.82, 2.24) is 9.80 Å². The fourth-order valence-electron chi connectivity index (χ4n) is 3.99. The molecule has 3 aromatic rings. The molecule has 0 aromatic heterocycles. The number of nitrogens with zero attached hydrogens (tertiary/aromatic N) is 3. The highest BCUT2D eigenvalue weighted by Gasteiger charge is 2.23. The summed E-state index contributed by atoms with van der Waals surface area (Å²) >= 11 is 0. The number of hydrogen-bond acceptors (Lipinski definition) is 6. The third kappa shape index (κ3) is 5.67. The smallest absolute Gasteiger partial charge is 0.269 e. The molecule has 1 amide bonds. The number of nitro benzene ring substituents is 1. The minimum Gasteiger partial charge on any atom is -0.336 e. The van der Waals surface area contributed by atoms with Crippen molar-refractivity contribution < 1.29 is 18.1 Å². The maximum atomic E-state index is 12.9. The van der Waals surface area contributed by atoms with E-state index in [2.05, 4.69) is 4.90 Å². The number of carbonyl (C=O) groups excluding carboxylic acids is 1. The van der Waals surface area contributed by atoms with Gasteiger partial charge in [0.15, 0.2) is 9.84 Å². The van der Waals surface area contributed by atoms with E-state index < -0.39 is 14.8 Å². The number of sulfone groups is 1. The molecule has 0 unspecified atom stereocenters. The Hall–Kier alpha value is -3.56. The normalized spacial score (nSPS) is 14.6. The second-order valence-electron chi connectivity index (χ2n) is 8.26. The minimum absolute atomic E-state index is 0.0753. The van der Waals surface area contributed by atoms with E-state index in [0.717, 1.165) is 5.56 Å². The summed E-state index contributed by atoms with van der Waals surface area (Å²) in [6, 6.07) is 21.6. The molecule has 34 heavy (non-hydrogen) atoms. The van der Waals surface area contributed by atoms with Gasteiger partial charge in [-0.05, 0) is 35.4 Å². The van der Waals surface area contributed by atoms with Crippen molar-refractivity contribution in [3.8, 4) is 0 Å². The molecule has 0 atom stereocenters. The molecule has 1 aliphatic heterocycles. The van der Waals surface area contributed by atoms with E-state index in [-0.39, 0.29) is 22.2 Å². The molecule has 1 heterocycles. The van der Waals surface area contributed by atoms with Gasteiger partial charge in [-0.3, -0.25) is 19.8 Å². The fraction of sp³-hybridized carbons (Fsp3) is 0.240. The Bertz CT molecular complexity index is 1270. The summed E-state index contributed by atoms with van der Waals surface area (Å²) in [5.41, 5.74) is 2.09. The summed E-state index contributed by atoms with van der Waals surface area (Å²) in [5.74, 6) is -0.214. The number of hydrogen-bond donors (Lipinski definition) is 0. The van der Waals surface area contributed by atoms with Crippen molar-refractivity contribution in [2.75, 3.05) is 26.2 Å². The van der Waals surface area contributed by atoms with Gasteiger partial charge in [-0.15, -0.1) is 0 Å². The van der Waals surface area contributed by atoms with E-state index in [1.165, 1.54) is 6.07 Å². The van der Waals surface area contributed by atoms with Crippen LogP contribution >= 0.6 is 0 Å². The maximum absolute atomic E-state index is 12.9. The zero-order valence-corrected chi connectivity index (χ0v) is 19.4. The lowest BCUT2D eigenvalue weighted by molar-refractivity contribution is -0.384. The van der Waals surface area contributed by atoms with E-state index in [0.29, 0.717) is 43.9 Å². The molecule has 3 aromatic carbocycles. The molecular weight excluding hydrogens is 454 g/mol. The zero-order valence-electron chi connectivity index (χ0n) is 18.5. The Labute approximate surface area is 198 Å². The van der Waals surface area contributed by atoms with Crippen LogP contribution < -0.4 is 0 Å². The highest BCUT2D eigenvalue weighted by atomic mass is 32.2. The Morgan fingerprint density at radius 3 is 2.18 bits per heavy atom. The number of rotatable bonds is 7. The molecule has 4 rings (SSSR count). The predicted molar refractivity (Wildman–Crippen MR) is 128 cm³/mol. The van der Waals surface area contributed by atoms with Crippen LogP contribution in [0.2, 0.25) is 0 Å². The van der Waals surface area contributed by atoms with Gasteiger partial charge < -0.3 is 4.90 Å². The van der Waals surface area contributed by atoms with Crippen LogP contribution in [0.25, 0.3) is 0 Å². The first-order valence-electron chi connectivity index (χ1n) is 10.9. The fourth-order valence-corrected chi connectivity index (χ4v) is 5.36. The lowest BCUT2D eigenvalue weighted by Gasteiger charge is -2.34. The number of piperazine rings is 1. The van der Waals surface area contributed by atoms with E-state index in [9.17, 15) is 23.3 Å².